The summed E-state index contributed by atoms with van der Waals surface area (Å²) in [6, 6.07) is 6.87. The van der Waals surface area contributed by atoms with Crippen LogP contribution in [0.15, 0.2) is 24.4 Å². The molecule has 0 aromatic carbocycles. The Morgan fingerprint density at radius 1 is 1.19 bits per heavy atom. The fourth-order valence-corrected chi connectivity index (χ4v) is 3.38. The van der Waals surface area contributed by atoms with Gasteiger partial charge < -0.3 is 10.2 Å². The molecule has 1 aromatic rings. The number of nitrogens with zero attached hydrogens (tertiary/aromatic N) is 2. The highest BCUT2D eigenvalue weighted by atomic mass is 32.2. The Balaban J connectivity index is 1.53. The third-order valence-electron chi connectivity index (χ3n) is 4.18. The van der Waals surface area contributed by atoms with Crippen molar-refractivity contribution in [1.82, 2.24) is 10.3 Å². The van der Waals surface area contributed by atoms with Gasteiger partial charge in [-0.25, -0.2) is 4.98 Å². The molecule has 0 spiro atoms. The summed E-state index contributed by atoms with van der Waals surface area (Å²) in [5.74, 6) is 2.45. The van der Waals surface area contributed by atoms with Crippen molar-refractivity contribution in [2.45, 2.75) is 44.6 Å². The van der Waals surface area contributed by atoms with Crippen LogP contribution in [0.4, 0.5) is 5.82 Å². The van der Waals surface area contributed by atoms with Crippen LogP contribution in [-0.2, 0) is 0 Å². The second-order valence-electron chi connectivity index (χ2n) is 5.81. The molecular weight excluding hydrogens is 278 g/mol. The predicted molar refractivity (Wildman–Crippen MR) is 94.3 cm³/mol. The second kappa shape index (κ2) is 10.1. The average molecular weight is 308 g/mol. The van der Waals surface area contributed by atoms with Crippen LogP contribution in [0, 0.1) is 0 Å². The summed E-state index contributed by atoms with van der Waals surface area (Å²) in [4.78, 5) is 6.85. The molecule has 3 nitrogen and oxygen atoms in total. The molecule has 4 heteroatoms. The largest absolute Gasteiger partial charge is 0.357 e. The molecule has 0 amide bonds. The highest BCUT2D eigenvalue weighted by Gasteiger charge is 2.19. The molecule has 2 rings (SSSR count). The molecule has 1 fully saturated rings. The normalized spacial score (nSPS) is 16.3. The van der Waals surface area contributed by atoms with Crippen molar-refractivity contribution in [1.29, 1.82) is 0 Å². The Morgan fingerprint density at radius 2 is 2.00 bits per heavy atom. The van der Waals surface area contributed by atoms with Gasteiger partial charge in [0.2, 0.25) is 0 Å². The number of hydrogen-bond donors (Lipinski definition) is 1. The van der Waals surface area contributed by atoms with Gasteiger partial charge in [-0.3, -0.25) is 0 Å². The van der Waals surface area contributed by atoms with E-state index in [1.54, 1.807) is 0 Å². The van der Waals surface area contributed by atoms with E-state index in [-0.39, 0.29) is 0 Å². The molecule has 0 bridgehead atoms. The molecule has 21 heavy (non-hydrogen) atoms. The smallest absolute Gasteiger partial charge is 0.128 e. The maximum Gasteiger partial charge on any atom is 0.128 e. The summed E-state index contributed by atoms with van der Waals surface area (Å²) < 4.78 is 0. The van der Waals surface area contributed by atoms with Gasteiger partial charge in [-0.15, -0.1) is 0 Å². The first-order chi connectivity index (χ1) is 10.4. The molecule has 1 N–H and O–H groups in total. The highest BCUT2D eigenvalue weighted by Crippen LogP contribution is 2.17. The number of nitrogens with one attached hydrogen (secondary N) is 1. The Morgan fingerprint density at radius 3 is 2.71 bits per heavy atom. The number of anilines is 1. The van der Waals surface area contributed by atoms with Crippen molar-refractivity contribution in [3.8, 4) is 0 Å². The maximum absolute atomic E-state index is 4.44. The molecule has 118 valence electrons. The minimum atomic E-state index is 0.705. The van der Waals surface area contributed by atoms with Crippen molar-refractivity contribution in [3.63, 3.8) is 0 Å². The summed E-state index contributed by atoms with van der Waals surface area (Å²) in [5, 5.41) is 3.73. The number of rotatable bonds is 9. The van der Waals surface area contributed by atoms with Gasteiger partial charge in [0, 0.05) is 25.3 Å². The number of pyridine rings is 1. The molecule has 0 unspecified atom stereocenters. The molecule has 0 saturated carbocycles. The van der Waals surface area contributed by atoms with E-state index in [0.29, 0.717) is 6.04 Å². The van der Waals surface area contributed by atoms with Gasteiger partial charge in [0.25, 0.3) is 0 Å². The van der Waals surface area contributed by atoms with Crippen molar-refractivity contribution in [3.05, 3.63) is 24.4 Å². The Labute approximate surface area is 133 Å². The van der Waals surface area contributed by atoms with E-state index >= 15 is 0 Å². The zero-order valence-electron chi connectivity index (χ0n) is 13.3. The molecule has 0 aliphatic carbocycles. The quantitative estimate of drug-likeness (QED) is 0.706. The monoisotopic (exact) mass is 307 g/mol. The van der Waals surface area contributed by atoms with Crippen molar-refractivity contribution < 1.29 is 0 Å². The summed E-state index contributed by atoms with van der Waals surface area (Å²) in [6.07, 6.45) is 12.0. The molecule has 1 aliphatic heterocycles. The van der Waals surface area contributed by atoms with Gasteiger partial charge >= 0.3 is 0 Å². The third kappa shape index (κ3) is 6.27. The van der Waals surface area contributed by atoms with E-state index in [0.717, 1.165) is 18.9 Å². The molecule has 1 aliphatic rings. The summed E-state index contributed by atoms with van der Waals surface area (Å²) in [6.45, 7) is 3.44. The van der Waals surface area contributed by atoms with E-state index in [1.807, 2.05) is 24.0 Å². The lowest BCUT2D eigenvalue weighted by molar-refractivity contribution is 0.408. The van der Waals surface area contributed by atoms with Crippen molar-refractivity contribution in [2.24, 2.45) is 0 Å². The van der Waals surface area contributed by atoms with Crippen LogP contribution < -0.4 is 10.2 Å². The number of thioether (sulfide) groups is 1. The van der Waals surface area contributed by atoms with Crippen molar-refractivity contribution in [2.75, 3.05) is 36.5 Å². The van der Waals surface area contributed by atoms with E-state index < -0.39 is 0 Å². The number of aromatic nitrogens is 1. The Bertz CT molecular complexity index is 364. The number of unbranched alkanes of at least 4 members (excludes halogenated alkanes) is 3. The van der Waals surface area contributed by atoms with Gasteiger partial charge in [0.15, 0.2) is 0 Å². The fraction of sp³-hybridized carbons (Fsp3) is 0.706. The van der Waals surface area contributed by atoms with Crippen LogP contribution >= 0.6 is 11.8 Å². The van der Waals surface area contributed by atoms with E-state index in [4.69, 9.17) is 0 Å². The van der Waals surface area contributed by atoms with Gasteiger partial charge in [-0.05, 0) is 56.4 Å². The zero-order chi connectivity index (χ0) is 14.8. The molecule has 1 aromatic heterocycles. The highest BCUT2D eigenvalue weighted by molar-refractivity contribution is 7.98. The lowest BCUT2D eigenvalue weighted by Gasteiger charge is -2.33. The summed E-state index contributed by atoms with van der Waals surface area (Å²) >= 11 is 1.96. The molecule has 2 heterocycles. The minimum absolute atomic E-state index is 0.705. The first kappa shape index (κ1) is 16.6. The van der Waals surface area contributed by atoms with Crippen LogP contribution in [-0.4, -0.2) is 42.7 Å². The van der Waals surface area contributed by atoms with E-state index in [2.05, 4.69) is 33.6 Å². The topological polar surface area (TPSA) is 28.2 Å². The standard InChI is InChI=1S/C17H29N3S/c1-21-15-7-3-2-5-11-18-16-9-13-20(14-10-16)17-8-4-6-12-19-17/h4,6,8,12,16,18H,2-3,5,7,9-11,13-15H2,1H3. The van der Waals surface area contributed by atoms with Crippen LogP contribution in [0.25, 0.3) is 0 Å². The first-order valence-electron chi connectivity index (χ1n) is 8.28. The van der Waals surface area contributed by atoms with Crippen LogP contribution in [0.1, 0.15) is 38.5 Å². The van der Waals surface area contributed by atoms with E-state index in [1.165, 1.54) is 50.8 Å². The van der Waals surface area contributed by atoms with Crippen LogP contribution in [0.2, 0.25) is 0 Å². The summed E-state index contributed by atoms with van der Waals surface area (Å²) in [5.41, 5.74) is 0. The Kier molecular flexibility index (Phi) is 7.97. The van der Waals surface area contributed by atoms with Gasteiger partial charge in [0.1, 0.15) is 5.82 Å². The van der Waals surface area contributed by atoms with Gasteiger partial charge in [-0.1, -0.05) is 18.9 Å². The molecule has 0 atom stereocenters. The molecular formula is C17H29N3S. The Hall–Kier alpha value is -0.740. The molecule has 1 saturated heterocycles. The second-order valence-corrected chi connectivity index (χ2v) is 6.80. The fourth-order valence-electron chi connectivity index (χ4n) is 2.88. The van der Waals surface area contributed by atoms with Gasteiger partial charge in [-0.2, -0.15) is 11.8 Å². The van der Waals surface area contributed by atoms with Crippen LogP contribution in [0.5, 0.6) is 0 Å². The van der Waals surface area contributed by atoms with E-state index in [9.17, 15) is 0 Å². The maximum atomic E-state index is 4.44. The lowest BCUT2D eigenvalue weighted by atomic mass is 10.0. The lowest BCUT2D eigenvalue weighted by Crippen LogP contribution is -2.43. The number of piperidine rings is 1. The number of hydrogen-bond acceptors (Lipinski definition) is 4. The molecule has 0 radical (unpaired) electrons. The van der Waals surface area contributed by atoms with Crippen molar-refractivity contribution >= 4 is 17.6 Å². The average Bonchev–Trinajstić information content (AvgIpc) is 2.55. The SMILES string of the molecule is CSCCCCCCNC1CCN(c2ccccn2)CC1. The summed E-state index contributed by atoms with van der Waals surface area (Å²) in [7, 11) is 0. The van der Waals surface area contributed by atoms with Gasteiger partial charge in [0.05, 0.1) is 0 Å². The third-order valence-corrected chi connectivity index (χ3v) is 4.87. The first-order valence-corrected chi connectivity index (χ1v) is 9.68. The zero-order valence-corrected chi connectivity index (χ0v) is 14.1. The predicted octanol–water partition coefficient (Wildman–Crippen LogP) is 3.56. The van der Waals surface area contributed by atoms with Crippen LogP contribution in [0.3, 0.4) is 0 Å². The minimum Gasteiger partial charge on any atom is -0.357 e.